The first-order valence-corrected chi connectivity index (χ1v) is 7.74. The summed E-state index contributed by atoms with van der Waals surface area (Å²) in [6.45, 7) is 5.13. The third kappa shape index (κ3) is 5.62. The van der Waals surface area contributed by atoms with E-state index in [4.69, 9.17) is 0 Å². The molecule has 0 atom stereocenters. The Labute approximate surface area is 116 Å². The van der Waals surface area contributed by atoms with E-state index in [1.54, 1.807) is 0 Å². The van der Waals surface area contributed by atoms with Crippen LogP contribution in [0.1, 0.15) is 58.8 Å². The van der Waals surface area contributed by atoms with Crippen LogP contribution in [0.2, 0.25) is 0 Å². The van der Waals surface area contributed by atoms with Crippen LogP contribution in [-0.4, -0.2) is 24.9 Å². The van der Waals surface area contributed by atoms with Gasteiger partial charge in [0.1, 0.15) is 0 Å². The number of amides is 2. The average molecular weight is 268 g/mol. The molecule has 2 N–H and O–H groups in total. The summed E-state index contributed by atoms with van der Waals surface area (Å²) in [5.74, 6) is 0.575. The lowest BCUT2D eigenvalue weighted by molar-refractivity contribution is -0.127. The van der Waals surface area contributed by atoms with Gasteiger partial charge in [0.2, 0.25) is 11.8 Å². The Morgan fingerprint density at radius 1 is 1.00 bits per heavy atom. The zero-order valence-corrected chi connectivity index (χ0v) is 12.3. The first-order valence-electron chi connectivity index (χ1n) is 7.74. The van der Waals surface area contributed by atoms with Crippen molar-refractivity contribution in [3.8, 4) is 0 Å². The molecule has 1 aliphatic carbocycles. The Balaban J connectivity index is 2.12. The lowest BCUT2D eigenvalue weighted by Crippen LogP contribution is -2.39. The van der Waals surface area contributed by atoms with Crippen LogP contribution in [0.15, 0.2) is 0 Å². The molecule has 1 saturated carbocycles. The Morgan fingerprint density at radius 2 is 1.58 bits per heavy atom. The number of carbonyl (C=O) groups excluding carboxylic acids is 2. The molecule has 1 rings (SSSR count). The highest BCUT2D eigenvalue weighted by molar-refractivity contribution is 5.79. The van der Waals surface area contributed by atoms with Crippen molar-refractivity contribution in [2.24, 2.45) is 11.8 Å². The highest BCUT2D eigenvalue weighted by Crippen LogP contribution is 2.23. The molecule has 4 nitrogen and oxygen atoms in total. The standard InChI is InChI=1S/C15H28N2O2/c1-3-12(4-2)14(18)16-10-11-17-15(19)13-8-6-5-7-9-13/h12-13H,3-11H2,1-2H3,(H,16,18)(H,17,19). The molecular weight excluding hydrogens is 240 g/mol. The molecule has 110 valence electrons. The van der Waals surface area contributed by atoms with Gasteiger partial charge in [0.15, 0.2) is 0 Å². The maximum absolute atomic E-state index is 11.9. The molecule has 0 aromatic rings. The minimum absolute atomic E-state index is 0.106. The summed E-state index contributed by atoms with van der Waals surface area (Å²) in [6, 6.07) is 0. The summed E-state index contributed by atoms with van der Waals surface area (Å²) in [7, 11) is 0. The molecule has 2 amide bonds. The Bertz CT molecular complexity index is 282. The van der Waals surface area contributed by atoms with Crippen LogP contribution in [0.4, 0.5) is 0 Å². The average Bonchev–Trinajstić information content (AvgIpc) is 2.45. The van der Waals surface area contributed by atoms with Crippen LogP contribution in [-0.2, 0) is 9.59 Å². The summed E-state index contributed by atoms with van der Waals surface area (Å²) in [4.78, 5) is 23.6. The fraction of sp³-hybridized carbons (Fsp3) is 0.867. The first-order chi connectivity index (χ1) is 9.19. The van der Waals surface area contributed by atoms with E-state index in [-0.39, 0.29) is 23.7 Å². The largest absolute Gasteiger partial charge is 0.354 e. The summed E-state index contributed by atoms with van der Waals surface area (Å²) in [5.41, 5.74) is 0. The van der Waals surface area contributed by atoms with Gasteiger partial charge in [-0.15, -0.1) is 0 Å². The lowest BCUT2D eigenvalue weighted by Gasteiger charge is -2.21. The molecular formula is C15H28N2O2. The van der Waals surface area contributed by atoms with E-state index in [9.17, 15) is 9.59 Å². The molecule has 0 radical (unpaired) electrons. The fourth-order valence-electron chi connectivity index (χ4n) is 2.68. The van der Waals surface area contributed by atoms with E-state index in [1.807, 2.05) is 13.8 Å². The van der Waals surface area contributed by atoms with Crippen LogP contribution in [0.3, 0.4) is 0 Å². The van der Waals surface area contributed by atoms with Crippen molar-refractivity contribution in [3.63, 3.8) is 0 Å². The SMILES string of the molecule is CCC(CC)C(=O)NCCNC(=O)C1CCCCC1. The second-order valence-corrected chi connectivity index (χ2v) is 5.43. The summed E-state index contributed by atoms with van der Waals surface area (Å²) >= 11 is 0. The van der Waals surface area contributed by atoms with Gasteiger partial charge in [0.25, 0.3) is 0 Å². The molecule has 4 heteroatoms. The van der Waals surface area contributed by atoms with E-state index in [2.05, 4.69) is 10.6 Å². The maximum atomic E-state index is 11.9. The van der Waals surface area contributed by atoms with Crippen molar-refractivity contribution in [2.45, 2.75) is 58.8 Å². The third-order valence-corrected chi connectivity index (χ3v) is 4.06. The zero-order valence-electron chi connectivity index (χ0n) is 12.3. The highest BCUT2D eigenvalue weighted by Gasteiger charge is 2.20. The normalized spacial score (nSPS) is 16.4. The van der Waals surface area contributed by atoms with Crippen LogP contribution < -0.4 is 10.6 Å². The van der Waals surface area contributed by atoms with E-state index >= 15 is 0 Å². The molecule has 0 spiro atoms. The number of nitrogens with one attached hydrogen (secondary N) is 2. The van der Waals surface area contributed by atoms with Crippen molar-refractivity contribution >= 4 is 11.8 Å². The molecule has 1 aliphatic rings. The van der Waals surface area contributed by atoms with Gasteiger partial charge in [-0.3, -0.25) is 9.59 Å². The second-order valence-electron chi connectivity index (χ2n) is 5.43. The molecule has 1 fully saturated rings. The quantitative estimate of drug-likeness (QED) is 0.696. The summed E-state index contributed by atoms with van der Waals surface area (Å²) in [6.07, 6.45) is 7.38. The predicted molar refractivity (Wildman–Crippen MR) is 76.7 cm³/mol. The second kappa shape index (κ2) is 8.94. The molecule has 0 saturated heterocycles. The van der Waals surface area contributed by atoms with Crippen molar-refractivity contribution < 1.29 is 9.59 Å². The van der Waals surface area contributed by atoms with Gasteiger partial charge >= 0.3 is 0 Å². The summed E-state index contributed by atoms with van der Waals surface area (Å²) in [5, 5.41) is 5.82. The van der Waals surface area contributed by atoms with Crippen molar-refractivity contribution in [2.75, 3.05) is 13.1 Å². The third-order valence-electron chi connectivity index (χ3n) is 4.06. The molecule has 0 aromatic heterocycles. The van der Waals surface area contributed by atoms with Gasteiger partial charge in [-0.1, -0.05) is 33.1 Å². The van der Waals surface area contributed by atoms with E-state index in [1.165, 1.54) is 19.3 Å². The topological polar surface area (TPSA) is 58.2 Å². The van der Waals surface area contributed by atoms with Crippen LogP contribution >= 0.6 is 0 Å². The number of hydrogen-bond donors (Lipinski definition) is 2. The summed E-state index contributed by atoms with van der Waals surface area (Å²) < 4.78 is 0. The Morgan fingerprint density at radius 3 is 2.16 bits per heavy atom. The highest BCUT2D eigenvalue weighted by atomic mass is 16.2. The zero-order chi connectivity index (χ0) is 14.1. The number of rotatable bonds is 7. The smallest absolute Gasteiger partial charge is 0.223 e. The fourth-order valence-corrected chi connectivity index (χ4v) is 2.68. The van der Waals surface area contributed by atoms with Crippen LogP contribution in [0.5, 0.6) is 0 Å². The number of carbonyl (C=O) groups is 2. The van der Waals surface area contributed by atoms with E-state index in [0.717, 1.165) is 25.7 Å². The van der Waals surface area contributed by atoms with Crippen LogP contribution in [0, 0.1) is 11.8 Å². The minimum Gasteiger partial charge on any atom is -0.354 e. The maximum Gasteiger partial charge on any atom is 0.223 e. The molecule has 0 bridgehead atoms. The van der Waals surface area contributed by atoms with Crippen molar-refractivity contribution in [3.05, 3.63) is 0 Å². The molecule has 0 aromatic carbocycles. The first kappa shape index (κ1) is 16.0. The van der Waals surface area contributed by atoms with Crippen molar-refractivity contribution in [1.82, 2.24) is 10.6 Å². The van der Waals surface area contributed by atoms with Gasteiger partial charge in [0.05, 0.1) is 0 Å². The van der Waals surface area contributed by atoms with Gasteiger partial charge < -0.3 is 10.6 Å². The predicted octanol–water partition coefficient (Wildman–Crippen LogP) is 2.24. The molecule has 0 unspecified atom stereocenters. The van der Waals surface area contributed by atoms with E-state index in [0.29, 0.717) is 13.1 Å². The Kier molecular flexibility index (Phi) is 7.53. The monoisotopic (exact) mass is 268 g/mol. The van der Waals surface area contributed by atoms with Gasteiger partial charge in [-0.05, 0) is 25.7 Å². The van der Waals surface area contributed by atoms with E-state index < -0.39 is 0 Å². The molecule has 19 heavy (non-hydrogen) atoms. The molecule has 0 heterocycles. The number of hydrogen-bond acceptors (Lipinski definition) is 2. The van der Waals surface area contributed by atoms with Gasteiger partial charge in [0, 0.05) is 24.9 Å². The van der Waals surface area contributed by atoms with Crippen LogP contribution in [0.25, 0.3) is 0 Å². The van der Waals surface area contributed by atoms with Gasteiger partial charge in [-0.25, -0.2) is 0 Å². The Hall–Kier alpha value is -1.06. The van der Waals surface area contributed by atoms with Gasteiger partial charge in [-0.2, -0.15) is 0 Å². The lowest BCUT2D eigenvalue weighted by atomic mass is 9.89. The molecule has 0 aliphatic heterocycles. The van der Waals surface area contributed by atoms with Crippen molar-refractivity contribution in [1.29, 1.82) is 0 Å². The minimum atomic E-state index is 0.106.